The number of rotatable bonds is 3. The maximum absolute atomic E-state index is 12.0. The molecule has 0 radical (unpaired) electrons. The topological polar surface area (TPSA) is 114 Å². The first-order valence-electron chi connectivity index (χ1n) is 7.16. The van der Waals surface area contributed by atoms with Gasteiger partial charge in [-0.1, -0.05) is 19.3 Å². The number of aliphatic hydroxyl groups is 1. The van der Waals surface area contributed by atoms with Crippen molar-refractivity contribution in [2.24, 2.45) is 0 Å². The van der Waals surface area contributed by atoms with Crippen LogP contribution in [0.2, 0.25) is 0 Å². The van der Waals surface area contributed by atoms with E-state index in [2.05, 4.69) is 15.6 Å². The van der Waals surface area contributed by atoms with Gasteiger partial charge in [-0.2, -0.15) is 0 Å². The van der Waals surface area contributed by atoms with Gasteiger partial charge in [0.05, 0.1) is 17.8 Å². The third kappa shape index (κ3) is 3.98. The Labute approximate surface area is 122 Å². The molecule has 1 heterocycles. The number of carbonyl (C=O) groups excluding carboxylic acids is 1. The lowest BCUT2D eigenvalue weighted by Gasteiger charge is -2.21. The molecule has 0 aromatic carbocycles. The van der Waals surface area contributed by atoms with E-state index < -0.39 is 18.1 Å². The molecule has 5 N–H and O–H groups in total. The summed E-state index contributed by atoms with van der Waals surface area (Å²) in [5.74, 6) is -1.13. The van der Waals surface area contributed by atoms with Gasteiger partial charge in [-0.05, 0) is 25.8 Å². The lowest BCUT2D eigenvalue weighted by molar-refractivity contribution is 0.0692. The van der Waals surface area contributed by atoms with Crippen molar-refractivity contribution in [1.29, 1.82) is 0 Å². The van der Waals surface area contributed by atoms with Crippen LogP contribution in [0.5, 0.6) is 0 Å². The second-order valence-corrected chi connectivity index (χ2v) is 5.46. The Hall–Kier alpha value is -2.02. The first kappa shape index (κ1) is 15.4. The predicted octanol–water partition coefficient (Wildman–Crippen LogP) is 1.84. The van der Waals surface area contributed by atoms with E-state index in [0.29, 0.717) is 12.1 Å². The summed E-state index contributed by atoms with van der Waals surface area (Å²) in [7, 11) is 0. The Morgan fingerprint density at radius 1 is 1.29 bits per heavy atom. The number of aromatic amines is 1. The molecule has 1 aromatic rings. The monoisotopic (exact) mass is 295 g/mol. The molecule has 1 aliphatic carbocycles. The van der Waals surface area contributed by atoms with Gasteiger partial charge in [-0.25, -0.2) is 9.59 Å². The van der Waals surface area contributed by atoms with Gasteiger partial charge in [-0.15, -0.1) is 0 Å². The summed E-state index contributed by atoms with van der Waals surface area (Å²) in [5, 5.41) is 24.3. The number of carboxylic acid groups (broad SMARTS) is 1. The molecular formula is C14H21N3O4. The number of aliphatic hydroxyl groups excluding tert-OH is 1. The number of amides is 2. The van der Waals surface area contributed by atoms with E-state index in [1.165, 1.54) is 0 Å². The summed E-state index contributed by atoms with van der Waals surface area (Å²) in [4.78, 5) is 25.7. The molecule has 0 bridgehead atoms. The van der Waals surface area contributed by atoms with Crippen LogP contribution in [0.1, 0.15) is 48.3 Å². The van der Waals surface area contributed by atoms with E-state index in [9.17, 15) is 14.7 Å². The number of nitrogens with one attached hydrogen (secondary N) is 3. The molecule has 2 amide bonds. The zero-order chi connectivity index (χ0) is 15.4. The molecule has 2 unspecified atom stereocenters. The quantitative estimate of drug-likeness (QED) is 0.547. The molecule has 0 spiro atoms. The SMILES string of the molecule is Cc1cc(NC(=O)NC2CCCCCC2O)c(C(=O)O)[nH]1. The zero-order valence-corrected chi connectivity index (χ0v) is 12.0. The number of aromatic nitrogens is 1. The minimum Gasteiger partial charge on any atom is -0.477 e. The van der Waals surface area contributed by atoms with Crippen LogP contribution in [0.4, 0.5) is 10.5 Å². The number of carboxylic acids is 1. The number of hydrogen-bond donors (Lipinski definition) is 5. The first-order chi connectivity index (χ1) is 9.97. The predicted molar refractivity (Wildman–Crippen MR) is 77.5 cm³/mol. The largest absolute Gasteiger partial charge is 0.477 e. The minimum atomic E-state index is -1.13. The number of aromatic carboxylic acids is 1. The first-order valence-corrected chi connectivity index (χ1v) is 7.16. The average Bonchev–Trinajstić information content (AvgIpc) is 2.65. The summed E-state index contributed by atoms with van der Waals surface area (Å²) < 4.78 is 0. The van der Waals surface area contributed by atoms with Gasteiger partial charge in [0, 0.05) is 5.69 Å². The smallest absolute Gasteiger partial charge is 0.354 e. The van der Waals surface area contributed by atoms with Gasteiger partial charge in [0.15, 0.2) is 0 Å². The molecule has 0 aliphatic heterocycles. The highest BCUT2D eigenvalue weighted by molar-refractivity contribution is 5.99. The van der Waals surface area contributed by atoms with E-state index in [1.54, 1.807) is 13.0 Å². The van der Waals surface area contributed by atoms with Crippen molar-refractivity contribution < 1.29 is 19.8 Å². The molecular weight excluding hydrogens is 274 g/mol. The minimum absolute atomic E-state index is 0.0518. The van der Waals surface area contributed by atoms with Crippen molar-refractivity contribution in [3.63, 3.8) is 0 Å². The second kappa shape index (κ2) is 6.62. The van der Waals surface area contributed by atoms with Crippen LogP contribution in [0, 0.1) is 6.92 Å². The van der Waals surface area contributed by atoms with E-state index in [-0.39, 0.29) is 17.4 Å². The number of carbonyl (C=O) groups is 2. The maximum Gasteiger partial charge on any atom is 0.354 e. The Morgan fingerprint density at radius 3 is 2.71 bits per heavy atom. The van der Waals surface area contributed by atoms with Gasteiger partial charge >= 0.3 is 12.0 Å². The normalized spacial score (nSPS) is 22.4. The van der Waals surface area contributed by atoms with Gasteiger partial charge < -0.3 is 25.8 Å². The van der Waals surface area contributed by atoms with Crippen LogP contribution < -0.4 is 10.6 Å². The van der Waals surface area contributed by atoms with Gasteiger partial charge in [0.25, 0.3) is 0 Å². The van der Waals surface area contributed by atoms with E-state index in [0.717, 1.165) is 25.7 Å². The average molecular weight is 295 g/mol. The molecule has 1 aromatic heterocycles. The molecule has 7 nitrogen and oxygen atoms in total. The third-order valence-corrected chi connectivity index (χ3v) is 3.71. The fourth-order valence-electron chi connectivity index (χ4n) is 2.64. The number of hydrogen-bond acceptors (Lipinski definition) is 3. The standard InChI is InChI=1S/C14H21N3O4/c1-8-7-10(12(15-8)13(19)20)17-14(21)16-9-5-3-2-4-6-11(9)18/h7,9,11,15,18H,2-6H2,1H3,(H,19,20)(H2,16,17,21). The van der Waals surface area contributed by atoms with Crippen molar-refractivity contribution in [3.8, 4) is 0 Å². The van der Waals surface area contributed by atoms with E-state index >= 15 is 0 Å². The highest BCUT2D eigenvalue weighted by Gasteiger charge is 2.24. The molecule has 1 aliphatic rings. The van der Waals surface area contributed by atoms with Crippen molar-refractivity contribution in [2.45, 2.75) is 51.2 Å². The van der Waals surface area contributed by atoms with Crippen LogP contribution in [-0.4, -0.2) is 39.3 Å². The molecule has 7 heteroatoms. The Bertz CT molecular complexity index is 526. The van der Waals surface area contributed by atoms with Crippen molar-refractivity contribution >= 4 is 17.7 Å². The van der Waals surface area contributed by atoms with Crippen LogP contribution in [-0.2, 0) is 0 Å². The fourth-order valence-corrected chi connectivity index (χ4v) is 2.64. The highest BCUT2D eigenvalue weighted by atomic mass is 16.4. The number of aryl methyl sites for hydroxylation is 1. The second-order valence-electron chi connectivity index (χ2n) is 5.46. The highest BCUT2D eigenvalue weighted by Crippen LogP contribution is 2.19. The lowest BCUT2D eigenvalue weighted by Crippen LogP contribution is -2.44. The van der Waals surface area contributed by atoms with Gasteiger partial charge in [-0.3, -0.25) is 0 Å². The van der Waals surface area contributed by atoms with Crippen LogP contribution >= 0.6 is 0 Å². The molecule has 0 saturated heterocycles. The van der Waals surface area contributed by atoms with E-state index in [4.69, 9.17) is 5.11 Å². The molecule has 21 heavy (non-hydrogen) atoms. The maximum atomic E-state index is 12.0. The van der Waals surface area contributed by atoms with E-state index in [1.807, 2.05) is 0 Å². The summed E-state index contributed by atoms with van der Waals surface area (Å²) in [6, 6.07) is 0.773. The number of urea groups is 1. The molecule has 116 valence electrons. The van der Waals surface area contributed by atoms with Crippen LogP contribution in [0.3, 0.4) is 0 Å². The van der Waals surface area contributed by atoms with Crippen molar-refractivity contribution in [3.05, 3.63) is 17.5 Å². The van der Waals surface area contributed by atoms with Crippen molar-refractivity contribution in [2.75, 3.05) is 5.32 Å². The molecule has 1 saturated carbocycles. The Morgan fingerprint density at radius 2 is 2.00 bits per heavy atom. The van der Waals surface area contributed by atoms with Crippen LogP contribution in [0.15, 0.2) is 6.07 Å². The summed E-state index contributed by atoms with van der Waals surface area (Å²) in [6.07, 6.45) is 3.83. The number of H-pyrrole nitrogens is 1. The zero-order valence-electron chi connectivity index (χ0n) is 12.0. The molecule has 1 fully saturated rings. The Kier molecular flexibility index (Phi) is 4.85. The van der Waals surface area contributed by atoms with Gasteiger partial charge in [0.2, 0.25) is 0 Å². The summed E-state index contributed by atoms with van der Waals surface area (Å²) in [6.45, 7) is 1.71. The van der Waals surface area contributed by atoms with Crippen molar-refractivity contribution in [1.82, 2.24) is 10.3 Å². The summed E-state index contributed by atoms with van der Waals surface area (Å²) >= 11 is 0. The van der Waals surface area contributed by atoms with Gasteiger partial charge in [0.1, 0.15) is 5.69 Å². The number of anilines is 1. The molecule has 2 rings (SSSR count). The third-order valence-electron chi connectivity index (χ3n) is 3.71. The lowest BCUT2D eigenvalue weighted by atomic mass is 10.1. The fraction of sp³-hybridized carbons (Fsp3) is 0.571. The summed E-state index contributed by atoms with van der Waals surface area (Å²) in [5.41, 5.74) is 0.821. The Balaban J connectivity index is 1.99. The molecule has 2 atom stereocenters. The van der Waals surface area contributed by atoms with Crippen LogP contribution in [0.25, 0.3) is 0 Å².